The van der Waals surface area contributed by atoms with Gasteiger partial charge in [-0.05, 0) is 48.4 Å². The van der Waals surface area contributed by atoms with Crippen molar-refractivity contribution in [2.45, 2.75) is 26.2 Å². The lowest BCUT2D eigenvalue weighted by Gasteiger charge is -2.19. The lowest BCUT2D eigenvalue weighted by Crippen LogP contribution is -2.40. The van der Waals surface area contributed by atoms with Crippen molar-refractivity contribution in [2.24, 2.45) is 17.3 Å². The van der Waals surface area contributed by atoms with E-state index in [1.807, 2.05) is 24.3 Å². The van der Waals surface area contributed by atoms with Crippen molar-refractivity contribution in [3.63, 3.8) is 0 Å². The van der Waals surface area contributed by atoms with Crippen molar-refractivity contribution in [2.75, 3.05) is 19.7 Å². The molecule has 2 aromatic carbocycles. The molecule has 0 heterocycles. The van der Waals surface area contributed by atoms with E-state index in [0.717, 1.165) is 11.1 Å². The van der Waals surface area contributed by atoms with E-state index >= 15 is 0 Å². The van der Waals surface area contributed by atoms with Gasteiger partial charge in [-0.25, -0.2) is 4.79 Å². The summed E-state index contributed by atoms with van der Waals surface area (Å²) in [5.41, 5.74) is 3.65. The van der Waals surface area contributed by atoms with Gasteiger partial charge < -0.3 is 20.5 Å². The van der Waals surface area contributed by atoms with Gasteiger partial charge in [0.2, 0.25) is 5.91 Å². The van der Waals surface area contributed by atoms with Gasteiger partial charge in [-0.2, -0.15) is 0 Å². The van der Waals surface area contributed by atoms with E-state index < -0.39 is 17.5 Å². The van der Waals surface area contributed by atoms with Gasteiger partial charge in [0.25, 0.3) is 0 Å². The highest BCUT2D eigenvalue weighted by atomic mass is 16.5. The molecule has 7 nitrogen and oxygen atoms in total. The first kappa shape index (κ1) is 21.9. The molecule has 1 fully saturated rings. The first-order valence-electron chi connectivity index (χ1n) is 10.9. The van der Waals surface area contributed by atoms with Crippen LogP contribution >= 0.6 is 0 Å². The van der Waals surface area contributed by atoms with Crippen molar-refractivity contribution in [3.8, 4) is 11.1 Å². The number of rotatable bonds is 8. The van der Waals surface area contributed by atoms with Gasteiger partial charge in [0.15, 0.2) is 0 Å². The summed E-state index contributed by atoms with van der Waals surface area (Å²) in [5.74, 6) is -1.28. The summed E-state index contributed by atoms with van der Waals surface area (Å²) in [6, 6.07) is 16.3. The SMILES string of the molecule is CC(C)(CNC(=O)[C@@H]1C[C@@H]1CNC(=O)OCC1c2ccccc2-c2ccccc21)C(=O)O. The lowest BCUT2D eigenvalue weighted by atomic mass is 9.94. The molecule has 32 heavy (non-hydrogen) atoms. The first-order chi connectivity index (χ1) is 15.3. The van der Waals surface area contributed by atoms with Crippen LogP contribution in [0.3, 0.4) is 0 Å². The third-order valence-corrected chi connectivity index (χ3v) is 6.40. The molecule has 2 amide bonds. The maximum Gasteiger partial charge on any atom is 0.407 e. The molecule has 2 aliphatic carbocycles. The molecule has 7 heteroatoms. The highest BCUT2D eigenvalue weighted by Crippen LogP contribution is 2.44. The summed E-state index contributed by atoms with van der Waals surface area (Å²) in [6.07, 6.45) is 0.174. The van der Waals surface area contributed by atoms with Crippen LogP contribution in [0.15, 0.2) is 48.5 Å². The summed E-state index contributed by atoms with van der Waals surface area (Å²) < 4.78 is 5.52. The number of nitrogens with one attached hydrogen (secondary N) is 2. The molecule has 2 atom stereocenters. The Morgan fingerprint density at radius 3 is 2.19 bits per heavy atom. The second-order valence-electron chi connectivity index (χ2n) is 9.22. The number of benzene rings is 2. The van der Waals surface area contributed by atoms with Crippen LogP contribution < -0.4 is 10.6 Å². The largest absolute Gasteiger partial charge is 0.481 e. The summed E-state index contributed by atoms with van der Waals surface area (Å²) in [6.45, 7) is 3.82. The van der Waals surface area contributed by atoms with Crippen molar-refractivity contribution in [1.82, 2.24) is 10.6 Å². The molecule has 0 unspecified atom stereocenters. The predicted molar refractivity (Wildman–Crippen MR) is 119 cm³/mol. The predicted octanol–water partition coefficient (Wildman–Crippen LogP) is 3.39. The van der Waals surface area contributed by atoms with Crippen LogP contribution in [-0.2, 0) is 14.3 Å². The number of alkyl carbamates (subject to hydrolysis) is 1. The van der Waals surface area contributed by atoms with Gasteiger partial charge >= 0.3 is 12.1 Å². The van der Waals surface area contributed by atoms with Crippen LogP contribution in [0, 0.1) is 17.3 Å². The molecule has 3 N–H and O–H groups in total. The van der Waals surface area contributed by atoms with Gasteiger partial charge in [0.1, 0.15) is 6.61 Å². The summed E-state index contributed by atoms with van der Waals surface area (Å²) in [7, 11) is 0. The Morgan fingerprint density at radius 2 is 1.59 bits per heavy atom. The minimum atomic E-state index is -1.01. The number of amides is 2. The van der Waals surface area contributed by atoms with E-state index in [1.165, 1.54) is 11.1 Å². The van der Waals surface area contributed by atoms with Crippen molar-refractivity contribution < 1.29 is 24.2 Å². The minimum Gasteiger partial charge on any atom is -0.481 e. The maximum atomic E-state index is 12.3. The number of carbonyl (C=O) groups excluding carboxylic acids is 2. The zero-order chi connectivity index (χ0) is 22.9. The second-order valence-corrected chi connectivity index (χ2v) is 9.22. The fourth-order valence-corrected chi connectivity index (χ4v) is 4.17. The van der Waals surface area contributed by atoms with Crippen LogP contribution in [0.2, 0.25) is 0 Å². The monoisotopic (exact) mass is 436 g/mol. The molecular formula is C25H28N2O5. The lowest BCUT2D eigenvalue weighted by molar-refractivity contribution is -0.146. The Bertz CT molecular complexity index is 1000. The number of carboxylic acids is 1. The topological polar surface area (TPSA) is 105 Å². The highest BCUT2D eigenvalue weighted by Gasteiger charge is 2.43. The quantitative estimate of drug-likeness (QED) is 0.588. The molecule has 0 radical (unpaired) electrons. The van der Waals surface area contributed by atoms with E-state index in [9.17, 15) is 14.4 Å². The minimum absolute atomic E-state index is 0.00481. The van der Waals surface area contributed by atoms with E-state index in [0.29, 0.717) is 13.0 Å². The molecule has 168 valence electrons. The van der Waals surface area contributed by atoms with Crippen LogP contribution in [0.5, 0.6) is 0 Å². The van der Waals surface area contributed by atoms with Gasteiger partial charge in [-0.15, -0.1) is 0 Å². The molecule has 0 aliphatic heterocycles. The third-order valence-electron chi connectivity index (χ3n) is 6.40. The Kier molecular flexibility index (Phi) is 5.91. The second kappa shape index (κ2) is 8.65. The molecule has 2 aromatic rings. The molecule has 4 rings (SSSR count). The number of fused-ring (bicyclic) bond motifs is 3. The Morgan fingerprint density at radius 1 is 1.00 bits per heavy atom. The van der Waals surface area contributed by atoms with Crippen molar-refractivity contribution >= 4 is 18.0 Å². The average Bonchev–Trinajstić information content (AvgIpc) is 3.50. The molecule has 0 spiro atoms. The third kappa shape index (κ3) is 4.47. The number of carbonyl (C=O) groups is 3. The van der Waals surface area contributed by atoms with E-state index in [-0.39, 0.29) is 36.8 Å². The fourth-order valence-electron chi connectivity index (χ4n) is 4.17. The van der Waals surface area contributed by atoms with E-state index in [4.69, 9.17) is 9.84 Å². The van der Waals surface area contributed by atoms with Crippen LogP contribution in [-0.4, -0.2) is 42.8 Å². The number of carboxylic acid groups (broad SMARTS) is 1. The maximum absolute atomic E-state index is 12.3. The standard InChI is InChI=1S/C25H28N2O5/c1-25(2,23(29)30)14-27-22(28)20-11-15(20)12-26-24(31)32-13-21-18-9-5-3-7-16(18)17-8-4-6-10-19(17)21/h3-10,15,20-21H,11-14H2,1-2H3,(H,26,31)(H,27,28)(H,29,30)/t15-,20-/m1/s1. The fraction of sp³-hybridized carbons (Fsp3) is 0.400. The Balaban J connectivity index is 1.23. The van der Waals surface area contributed by atoms with Crippen LogP contribution in [0.25, 0.3) is 11.1 Å². The van der Waals surface area contributed by atoms with Crippen LogP contribution in [0.1, 0.15) is 37.3 Å². The average molecular weight is 437 g/mol. The Labute approximate surface area is 187 Å². The Hall–Kier alpha value is -3.35. The zero-order valence-electron chi connectivity index (χ0n) is 18.3. The number of hydrogen-bond acceptors (Lipinski definition) is 4. The first-order valence-corrected chi connectivity index (χ1v) is 10.9. The molecular weight excluding hydrogens is 408 g/mol. The number of ether oxygens (including phenoxy) is 1. The van der Waals surface area contributed by atoms with Gasteiger partial charge in [-0.1, -0.05) is 48.5 Å². The molecule has 2 aliphatic rings. The molecule has 1 saturated carbocycles. The van der Waals surface area contributed by atoms with Crippen molar-refractivity contribution in [1.29, 1.82) is 0 Å². The molecule has 0 saturated heterocycles. The molecule has 0 aromatic heterocycles. The van der Waals surface area contributed by atoms with Crippen molar-refractivity contribution in [3.05, 3.63) is 59.7 Å². The summed E-state index contributed by atoms with van der Waals surface area (Å²) in [4.78, 5) is 35.6. The van der Waals surface area contributed by atoms with E-state index in [2.05, 4.69) is 34.9 Å². The van der Waals surface area contributed by atoms with Gasteiger partial charge in [0, 0.05) is 24.9 Å². The summed E-state index contributed by atoms with van der Waals surface area (Å²) in [5, 5.41) is 14.6. The van der Waals surface area contributed by atoms with Crippen LogP contribution in [0.4, 0.5) is 4.79 Å². The van der Waals surface area contributed by atoms with Gasteiger partial charge in [0.05, 0.1) is 5.41 Å². The summed E-state index contributed by atoms with van der Waals surface area (Å²) >= 11 is 0. The molecule has 0 bridgehead atoms. The van der Waals surface area contributed by atoms with Gasteiger partial charge in [-0.3, -0.25) is 9.59 Å². The van der Waals surface area contributed by atoms with E-state index in [1.54, 1.807) is 13.8 Å². The number of aliphatic carboxylic acids is 1. The highest BCUT2D eigenvalue weighted by molar-refractivity contribution is 5.83. The normalized spacial score (nSPS) is 18.9. The number of hydrogen-bond donors (Lipinski definition) is 3. The zero-order valence-corrected chi connectivity index (χ0v) is 18.3. The smallest absolute Gasteiger partial charge is 0.407 e.